The van der Waals surface area contributed by atoms with Gasteiger partial charge >= 0.3 is 6.03 Å². The number of hydrogen-bond donors (Lipinski definition) is 2. The SMILES string of the molecule is CCC1CCCCN1CCNC(=O)NCc1ccnc(N2CCCCCC2)c1. The van der Waals surface area contributed by atoms with E-state index in [9.17, 15) is 4.79 Å². The molecule has 3 heterocycles. The lowest BCUT2D eigenvalue weighted by molar-refractivity contribution is 0.145. The molecule has 2 aliphatic rings. The van der Waals surface area contributed by atoms with E-state index >= 15 is 0 Å². The molecule has 0 saturated carbocycles. The Morgan fingerprint density at radius 3 is 2.68 bits per heavy atom. The van der Waals surface area contributed by atoms with Gasteiger partial charge in [0.2, 0.25) is 0 Å². The molecule has 0 spiro atoms. The van der Waals surface area contributed by atoms with Gasteiger partial charge in [-0.3, -0.25) is 4.90 Å². The Balaban J connectivity index is 1.40. The lowest BCUT2D eigenvalue weighted by atomic mass is 10.0. The number of carbonyl (C=O) groups is 1. The summed E-state index contributed by atoms with van der Waals surface area (Å²) in [6.07, 6.45) is 12.1. The highest BCUT2D eigenvalue weighted by Gasteiger charge is 2.20. The van der Waals surface area contributed by atoms with E-state index in [2.05, 4.69) is 38.4 Å². The minimum atomic E-state index is -0.0850. The molecule has 1 atom stereocenters. The fourth-order valence-electron chi connectivity index (χ4n) is 4.42. The molecule has 3 rings (SSSR count). The van der Waals surface area contributed by atoms with E-state index in [1.165, 1.54) is 51.4 Å². The van der Waals surface area contributed by atoms with Crippen LogP contribution in [0.4, 0.5) is 10.6 Å². The molecule has 0 radical (unpaired) electrons. The van der Waals surface area contributed by atoms with Crippen LogP contribution in [0.15, 0.2) is 18.3 Å². The van der Waals surface area contributed by atoms with Gasteiger partial charge in [0.25, 0.3) is 0 Å². The number of urea groups is 1. The third kappa shape index (κ3) is 6.36. The summed E-state index contributed by atoms with van der Waals surface area (Å²) >= 11 is 0. The molecule has 2 N–H and O–H groups in total. The average molecular weight is 388 g/mol. The number of amides is 2. The number of carbonyl (C=O) groups excluding carboxylic acids is 1. The smallest absolute Gasteiger partial charge is 0.315 e. The number of rotatable bonds is 7. The van der Waals surface area contributed by atoms with Gasteiger partial charge in [0, 0.05) is 45.0 Å². The molecule has 1 aromatic rings. The first-order valence-electron chi connectivity index (χ1n) is 11.2. The molecule has 1 aromatic heterocycles. The fourth-order valence-corrected chi connectivity index (χ4v) is 4.42. The van der Waals surface area contributed by atoms with Crippen LogP contribution >= 0.6 is 0 Å². The largest absolute Gasteiger partial charge is 0.357 e. The van der Waals surface area contributed by atoms with Crippen LogP contribution in [0.25, 0.3) is 0 Å². The molecule has 2 fully saturated rings. The molecule has 0 bridgehead atoms. The third-order valence-corrected chi connectivity index (χ3v) is 6.10. The van der Waals surface area contributed by atoms with Gasteiger partial charge in [-0.15, -0.1) is 0 Å². The van der Waals surface area contributed by atoms with Crippen molar-refractivity contribution < 1.29 is 4.79 Å². The van der Waals surface area contributed by atoms with Crippen LogP contribution in [-0.2, 0) is 6.54 Å². The number of likely N-dealkylation sites (tertiary alicyclic amines) is 1. The van der Waals surface area contributed by atoms with Crippen molar-refractivity contribution in [3.63, 3.8) is 0 Å². The molecule has 2 aliphatic heterocycles. The zero-order valence-corrected chi connectivity index (χ0v) is 17.5. The molecular formula is C22H37N5O. The maximum atomic E-state index is 12.2. The standard InChI is InChI=1S/C22H37N5O/c1-2-20-9-5-8-13-26(20)16-12-24-22(28)25-18-19-10-11-23-21(17-19)27-14-6-3-4-7-15-27/h10-11,17,20H,2-9,12-16,18H2,1H3,(H2,24,25,28). The summed E-state index contributed by atoms with van der Waals surface area (Å²) in [5.41, 5.74) is 1.10. The second-order valence-corrected chi connectivity index (χ2v) is 8.13. The monoisotopic (exact) mass is 387 g/mol. The second kappa shape index (κ2) is 11.2. The van der Waals surface area contributed by atoms with E-state index in [-0.39, 0.29) is 6.03 Å². The van der Waals surface area contributed by atoms with Gasteiger partial charge in [0.15, 0.2) is 0 Å². The number of piperidine rings is 1. The molecule has 28 heavy (non-hydrogen) atoms. The van der Waals surface area contributed by atoms with Gasteiger partial charge in [-0.05, 0) is 56.3 Å². The zero-order valence-electron chi connectivity index (χ0n) is 17.5. The van der Waals surface area contributed by atoms with Gasteiger partial charge in [-0.25, -0.2) is 9.78 Å². The maximum Gasteiger partial charge on any atom is 0.315 e. The first-order chi connectivity index (χ1) is 13.8. The van der Waals surface area contributed by atoms with Crippen LogP contribution in [0.1, 0.15) is 63.9 Å². The molecule has 1 unspecified atom stereocenters. The Morgan fingerprint density at radius 1 is 1.11 bits per heavy atom. The van der Waals surface area contributed by atoms with Crippen LogP contribution in [-0.4, -0.2) is 54.7 Å². The Kier molecular flexibility index (Phi) is 8.40. The Bertz CT molecular complexity index is 600. The quantitative estimate of drug-likeness (QED) is 0.751. The number of hydrogen-bond acceptors (Lipinski definition) is 4. The number of nitrogens with zero attached hydrogens (tertiary/aromatic N) is 3. The average Bonchev–Trinajstić information content (AvgIpc) is 3.02. The number of aromatic nitrogens is 1. The lowest BCUT2D eigenvalue weighted by Gasteiger charge is -2.35. The minimum Gasteiger partial charge on any atom is -0.357 e. The van der Waals surface area contributed by atoms with Crippen molar-refractivity contribution in [2.24, 2.45) is 0 Å². The molecule has 0 aromatic carbocycles. The molecule has 156 valence electrons. The molecular weight excluding hydrogens is 350 g/mol. The second-order valence-electron chi connectivity index (χ2n) is 8.13. The van der Waals surface area contributed by atoms with E-state index < -0.39 is 0 Å². The topological polar surface area (TPSA) is 60.5 Å². The van der Waals surface area contributed by atoms with Crippen molar-refractivity contribution in [1.82, 2.24) is 20.5 Å². The summed E-state index contributed by atoms with van der Waals surface area (Å²) in [5.74, 6) is 1.04. The van der Waals surface area contributed by atoms with Crippen LogP contribution < -0.4 is 15.5 Å². The fraction of sp³-hybridized carbons (Fsp3) is 0.727. The van der Waals surface area contributed by atoms with Crippen LogP contribution in [0, 0.1) is 0 Å². The van der Waals surface area contributed by atoms with Gasteiger partial charge in [-0.1, -0.05) is 26.2 Å². The predicted molar refractivity (Wildman–Crippen MR) is 115 cm³/mol. The maximum absolute atomic E-state index is 12.2. The zero-order chi connectivity index (χ0) is 19.6. The summed E-state index contributed by atoms with van der Waals surface area (Å²) in [5, 5.41) is 6.00. The first kappa shape index (κ1) is 20.9. The molecule has 6 heteroatoms. The van der Waals surface area contributed by atoms with Gasteiger partial charge in [-0.2, -0.15) is 0 Å². The molecule has 6 nitrogen and oxygen atoms in total. The summed E-state index contributed by atoms with van der Waals surface area (Å²) in [6.45, 7) is 7.78. The van der Waals surface area contributed by atoms with Crippen LogP contribution in [0.2, 0.25) is 0 Å². The van der Waals surface area contributed by atoms with Crippen LogP contribution in [0.3, 0.4) is 0 Å². The summed E-state index contributed by atoms with van der Waals surface area (Å²) in [4.78, 5) is 21.6. The molecule has 2 saturated heterocycles. The van der Waals surface area contributed by atoms with Crippen molar-refractivity contribution in [3.8, 4) is 0 Å². The van der Waals surface area contributed by atoms with E-state index in [1.54, 1.807) is 0 Å². The first-order valence-corrected chi connectivity index (χ1v) is 11.2. The Morgan fingerprint density at radius 2 is 1.89 bits per heavy atom. The Hall–Kier alpha value is -1.82. The number of anilines is 1. The van der Waals surface area contributed by atoms with Crippen molar-refractivity contribution in [2.75, 3.05) is 37.6 Å². The third-order valence-electron chi connectivity index (χ3n) is 6.10. The number of pyridine rings is 1. The van der Waals surface area contributed by atoms with Crippen molar-refractivity contribution >= 4 is 11.8 Å². The van der Waals surface area contributed by atoms with E-state index in [4.69, 9.17) is 0 Å². The highest BCUT2D eigenvalue weighted by Crippen LogP contribution is 2.19. The molecule has 0 aliphatic carbocycles. The van der Waals surface area contributed by atoms with E-state index in [0.29, 0.717) is 19.1 Å². The van der Waals surface area contributed by atoms with Gasteiger partial charge < -0.3 is 15.5 Å². The Labute approximate surface area is 170 Å². The van der Waals surface area contributed by atoms with Crippen molar-refractivity contribution in [2.45, 2.75) is 70.9 Å². The minimum absolute atomic E-state index is 0.0850. The number of nitrogens with one attached hydrogen (secondary N) is 2. The van der Waals surface area contributed by atoms with E-state index in [1.807, 2.05) is 12.3 Å². The predicted octanol–water partition coefficient (Wildman–Crippen LogP) is 3.53. The highest BCUT2D eigenvalue weighted by atomic mass is 16.2. The highest BCUT2D eigenvalue weighted by molar-refractivity contribution is 5.73. The summed E-state index contributed by atoms with van der Waals surface area (Å²) in [6, 6.07) is 4.71. The van der Waals surface area contributed by atoms with E-state index in [0.717, 1.165) is 37.6 Å². The summed E-state index contributed by atoms with van der Waals surface area (Å²) < 4.78 is 0. The van der Waals surface area contributed by atoms with Crippen molar-refractivity contribution in [3.05, 3.63) is 23.9 Å². The molecule has 2 amide bonds. The van der Waals surface area contributed by atoms with Gasteiger partial charge in [0.1, 0.15) is 5.82 Å². The normalized spacial score (nSPS) is 21.2. The van der Waals surface area contributed by atoms with Crippen molar-refractivity contribution in [1.29, 1.82) is 0 Å². The lowest BCUT2D eigenvalue weighted by Crippen LogP contribution is -2.45. The summed E-state index contributed by atoms with van der Waals surface area (Å²) in [7, 11) is 0. The van der Waals surface area contributed by atoms with Crippen LogP contribution in [0.5, 0.6) is 0 Å². The van der Waals surface area contributed by atoms with Gasteiger partial charge in [0.05, 0.1) is 0 Å².